The highest BCUT2D eigenvalue weighted by Gasteiger charge is 2.71. The Hall–Kier alpha value is -2.65. The van der Waals surface area contributed by atoms with E-state index in [2.05, 4.69) is 4.98 Å². The van der Waals surface area contributed by atoms with Crippen molar-refractivity contribution >= 4 is 21.5 Å². The van der Waals surface area contributed by atoms with Crippen molar-refractivity contribution in [3.63, 3.8) is 0 Å². The fourth-order valence-corrected chi connectivity index (χ4v) is 4.69. The molecule has 33 heavy (non-hydrogen) atoms. The molecule has 1 aromatic heterocycles. The Balaban J connectivity index is 1.76. The number of nitrogen functional groups attached to an aromatic ring is 1. The molecule has 182 valence electrons. The summed E-state index contributed by atoms with van der Waals surface area (Å²) in [5, 5.41) is 9.45. The number of alkyl halides is 6. The van der Waals surface area contributed by atoms with Crippen LogP contribution in [0.5, 0.6) is 0 Å². The van der Waals surface area contributed by atoms with Gasteiger partial charge in [0, 0.05) is 43.6 Å². The molecule has 0 saturated carbocycles. The van der Waals surface area contributed by atoms with E-state index in [9.17, 15) is 44.3 Å². The fraction of sp³-hybridized carbons (Fsp3) is 0.389. The lowest BCUT2D eigenvalue weighted by Gasteiger charge is -2.36. The maximum Gasteiger partial charge on any atom is 0.430 e. The highest BCUT2D eigenvalue weighted by molar-refractivity contribution is 7.89. The molecule has 0 bridgehead atoms. The zero-order valence-electron chi connectivity index (χ0n) is 16.5. The Morgan fingerprint density at radius 2 is 1.45 bits per heavy atom. The number of piperazine rings is 1. The van der Waals surface area contributed by atoms with Gasteiger partial charge in [-0.2, -0.15) is 30.6 Å². The Bertz CT molecular complexity index is 1100. The topological polar surface area (TPSA) is 99.8 Å². The van der Waals surface area contributed by atoms with Gasteiger partial charge in [0.1, 0.15) is 4.90 Å². The van der Waals surface area contributed by atoms with E-state index in [1.807, 2.05) is 0 Å². The first-order chi connectivity index (χ1) is 15.1. The molecule has 1 aliphatic heterocycles. The first-order valence-electron chi connectivity index (χ1n) is 9.21. The van der Waals surface area contributed by atoms with E-state index < -0.39 is 50.1 Å². The van der Waals surface area contributed by atoms with Gasteiger partial charge in [-0.1, -0.05) is 12.1 Å². The van der Waals surface area contributed by atoms with Gasteiger partial charge in [-0.25, -0.2) is 17.8 Å². The van der Waals surface area contributed by atoms with Crippen molar-refractivity contribution in [1.82, 2.24) is 9.29 Å². The summed E-state index contributed by atoms with van der Waals surface area (Å²) in [6, 6.07) is 3.71. The van der Waals surface area contributed by atoms with Gasteiger partial charge in [0.25, 0.3) is 5.60 Å². The van der Waals surface area contributed by atoms with E-state index in [-0.39, 0.29) is 31.9 Å². The highest BCUT2D eigenvalue weighted by atomic mass is 32.2. The number of nitrogens with zero attached hydrogens (tertiary/aromatic N) is 3. The number of hydrogen-bond donors (Lipinski definition) is 2. The minimum atomic E-state index is -6.00. The molecule has 2 aromatic rings. The molecule has 0 unspecified atom stereocenters. The first kappa shape index (κ1) is 25.0. The SMILES string of the molecule is Nc1ncc(S(=O)(=O)N2CCN(c3ccc(C(O)(C(F)(F)F)C(F)(F)F)cc3)CC2)cc1F. The Morgan fingerprint density at radius 1 is 0.939 bits per heavy atom. The van der Waals surface area contributed by atoms with E-state index in [0.29, 0.717) is 12.1 Å². The van der Waals surface area contributed by atoms with Crippen LogP contribution < -0.4 is 10.6 Å². The summed E-state index contributed by atoms with van der Waals surface area (Å²) in [6.45, 7) is -0.0885. The number of hydrogen-bond acceptors (Lipinski definition) is 6. The lowest BCUT2D eigenvalue weighted by Crippen LogP contribution is -2.54. The molecule has 7 nitrogen and oxygen atoms in total. The average molecular weight is 502 g/mol. The van der Waals surface area contributed by atoms with Gasteiger partial charge in [-0.15, -0.1) is 0 Å². The van der Waals surface area contributed by atoms with Crippen LogP contribution in [0.25, 0.3) is 0 Å². The molecular weight excluding hydrogens is 485 g/mol. The molecule has 1 fully saturated rings. The number of benzene rings is 1. The maximum absolute atomic E-state index is 13.6. The summed E-state index contributed by atoms with van der Waals surface area (Å²) < 4.78 is 118. The Labute approximate surface area is 183 Å². The lowest BCUT2D eigenvalue weighted by molar-refractivity contribution is -0.376. The van der Waals surface area contributed by atoms with Crippen LogP contribution in [0.3, 0.4) is 0 Å². The van der Waals surface area contributed by atoms with Gasteiger partial charge < -0.3 is 15.7 Å². The molecule has 3 N–H and O–H groups in total. The minimum absolute atomic E-state index is 0.0479. The van der Waals surface area contributed by atoms with Gasteiger partial charge in [0.15, 0.2) is 11.6 Å². The number of sulfonamides is 1. The Morgan fingerprint density at radius 3 is 1.91 bits per heavy atom. The largest absolute Gasteiger partial charge is 0.430 e. The van der Waals surface area contributed by atoms with Crippen molar-refractivity contribution < 1.29 is 44.3 Å². The van der Waals surface area contributed by atoms with Gasteiger partial charge >= 0.3 is 12.4 Å². The number of aromatic nitrogens is 1. The smallest absolute Gasteiger partial charge is 0.381 e. The summed E-state index contributed by atoms with van der Waals surface area (Å²) in [7, 11) is -4.10. The molecule has 1 aliphatic rings. The predicted octanol–water partition coefficient (Wildman–Crippen LogP) is 2.63. The lowest BCUT2D eigenvalue weighted by atomic mass is 9.92. The summed E-state index contributed by atoms with van der Waals surface area (Å²) >= 11 is 0. The van der Waals surface area contributed by atoms with Crippen LogP contribution in [0, 0.1) is 5.82 Å². The standard InChI is InChI=1S/C18H17F7N4O3S/c19-14-9-13(10-27-15(14)26)33(31,32)29-7-5-28(6-8-29)12-3-1-11(2-4-12)16(30,17(20,21)22)18(23,24)25/h1-4,9-10,30H,5-8H2,(H2,26,27). The van der Waals surface area contributed by atoms with Crippen molar-refractivity contribution in [2.75, 3.05) is 36.8 Å². The third kappa shape index (κ3) is 4.44. The molecule has 0 radical (unpaired) electrons. The Kier molecular flexibility index (Phi) is 6.27. The highest BCUT2D eigenvalue weighted by Crippen LogP contribution is 2.50. The molecule has 15 heteroatoms. The van der Waals surface area contributed by atoms with Crippen LogP contribution in [0.15, 0.2) is 41.4 Å². The van der Waals surface area contributed by atoms with Gasteiger partial charge in [-0.05, 0) is 18.2 Å². The number of nitrogens with two attached hydrogens (primary N) is 1. The van der Waals surface area contributed by atoms with E-state index in [1.54, 1.807) is 0 Å². The van der Waals surface area contributed by atoms with E-state index in [0.717, 1.165) is 28.7 Å². The summed E-state index contributed by atoms with van der Waals surface area (Å²) in [5.41, 5.74) is -0.971. The quantitative estimate of drug-likeness (QED) is 0.624. The van der Waals surface area contributed by atoms with E-state index in [1.165, 1.54) is 4.90 Å². The van der Waals surface area contributed by atoms with Crippen molar-refractivity contribution in [3.05, 3.63) is 47.9 Å². The van der Waals surface area contributed by atoms with Crippen LogP contribution in [0.1, 0.15) is 5.56 Å². The number of pyridine rings is 1. The zero-order chi connectivity index (χ0) is 24.8. The molecule has 0 amide bonds. The summed E-state index contributed by atoms with van der Waals surface area (Å²) in [4.78, 5) is 4.60. The van der Waals surface area contributed by atoms with E-state index in [4.69, 9.17) is 5.73 Å². The van der Waals surface area contributed by atoms with Gasteiger partial charge in [-0.3, -0.25) is 0 Å². The first-order valence-corrected chi connectivity index (χ1v) is 10.7. The van der Waals surface area contributed by atoms with Crippen LogP contribution in [-0.4, -0.2) is 61.3 Å². The molecule has 3 rings (SSSR count). The predicted molar refractivity (Wildman–Crippen MR) is 102 cm³/mol. The van der Waals surface area contributed by atoms with Crippen LogP contribution >= 0.6 is 0 Å². The number of rotatable bonds is 4. The van der Waals surface area contributed by atoms with Crippen LogP contribution in [0.4, 0.5) is 42.2 Å². The van der Waals surface area contributed by atoms with Crippen LogP contribution in [0.2, 0.25) is 0 Å². The molecule has 1 aromatic carbocycles. The molecule has 0 atom stereocenters. The van der Waals surface area contributed by atoms with Crippen molar-refractivity contribution in [1.29, 1.82) is 0 Å². The molecule has 2 heterocycles. The number of anilines is 2. The second kappa shape index (κ2) is 8.29. The molecule has 0 spiro atoms. The molecule has 1 saturated heterocycles. The number of halogens is 7. The minimum Gasteiger partial charge on any atom is -0.381 e. The third-order valence-electron chi connectivity index (χ3n) is 5.19. The second-order valence-electron chi connectivity index (χ2n) is 7.18. The number of aliphatic hydroxyl groups is 1. The second-order valence-corrected chi connectivity index (χ2v) is 9.12. The van der Waals surface area contributed by atoms with Crippen LogP contribution in [-0.2, 0) is 15.6 Å². The molecule has 0 aliphatic carbocycles. The van der Waals surface area contributed by atoms with Crippen molar-refractivity contribution in [3.8, 4) is 0 Å². The third-order valence-corrected chi connectivity index (χ3v) is 7.06. The fourth-order valence-electron chi connectivity index (χ4n) is 3.31. The van der Waals surface area contributed by atoms with Gasteiger partial charge in [0.2, 0.25) is 10.0 Å². The summed E-state index contributed by atoms with van der Waals surface area (Å²) in [5.74, 6) is -1.47. The average Bonchev–Trinajstić information content (AvgIpc) is 2.73. The van der Waals surface area contributed by atoms with Gasteiger partial charge in [0.05, 0.1) is 0 Å². The van der Waals surface area contributed by atoms with E-state index >= 15 is 0 Å². The molecular formula is C18H17F7N4O3S. The normalized spacial score (nSPS) is 16.8. The zero-order valence-corrected chi connectivity index (χ0v) is 17.3. The monoisotopic (exact) mass is 502 g/mol. The van der Waals surface area contributed by atoms with Crippen molar-refractivity contribution in [2.45, 2.75) is 22.8 Å². The van der Waals surface area contributed by atoms with Crippen molar-refractivity contribution in [2.24, 2.45) is 0 Å². The summed E-state index contributed by atoms with van der Waals surface area (Å²) in [6.07, 6.45) is -11.1. The maximum atomic E-state index is 13.6.